The summed E-state index contributed by atoms with van der Waals surface area (Å²) in [6, 6.07) is 9.57. The van der Waals surface area contributed by atoms with Crippen molar-refractivity contribution in [3.05, 3.63) is 58.1 Å². The van der Waals surface area contributed by atoms with Gasteiger partial charge in [-0.15, -0.1) is 0 Å². The molecule has 1 amide bonds. The zero-order valence-electron chi connectivity index (χ0n) is 12.5. The summed E-state index contributed by atoms with van der Waals surface area (Å²) in [7, 11) is -3.36. The van der Waals surface area contributed by atoms with Gasteiger partial charge in [0.2, 0.25) is 0 Å². The largest absolute Gasteiger partial charge is 0.321 e. The van der Waals surface area contributed by atoms with Crippen molar-refractivity contribution in [3.8, 4) is 0 Å². The number of carbonyl (C=O) groups is 1. The summed E-state index contributed by atoms with van der Waals surface area (Å²) in [5.74, 6) is -0.337. The molecule has 0 radical (unpaired) electrons. The second kappa shape index (κ2) is 6.10. The summed E-state index contributed by atoms with van der Waals surface area (Å²) < 4.78 is 23.2. The van der Waals surface area contributed by atoms with Crippen LogP contribution in [-0.2, 0) is 9.84 Å². The van der Waals surface area contributed by atoms with Gasteiger partial charge in [-0.1, -0.05) is 17.7 Å². The highest BCUT2D eigenvalue weighted by molar-refractivity contribution is 7.90. The van der Waals surface area contributed by atoms with Crippen LogP contribution in [0.25, 0.3) is 0 Å². The minimum Gasteiger partial charge on any atom is -0.321 e. The number of nitrogens with one attached hydrogen (secondary N) is 1. The van der Waals surface area contributed by atoms with Crippen molar-refractivity contribution in [2.45, 2.75) is 18.7 Å². The lowest BCUT2D eigenvalue weighted by Gasteiger charge is -2.10. The van der Waals surface area contributed by atoms with Crippen molar-refractivity contribution >= 4 is 33.0 Å². The molecule has 0 saturated heterocycles. The zero-order chi connectivity index (χ0) is 16.5. The van der Waals surface area contributed by atoms with Crippen molar-refractivity contribution in [2.24, 2.45) is 0 Å². The maximum absolute atomic E-state index is 12.3. The summed E-state index contributed by atoms with van der Waals surface area (Å²) in [4.78, 5) is 12.4. The van der Waals surface area contributed by atoms with Gasteiger partial charge in [-0.2, -0.15) is 0 Å². The first kappa shape index (κ1) is 16.5. The summed E-state index contributed by atoms with van der Waals surface area (Å²) in [5, 5.41) is 2.93. The SMILES string of the molecule is Cc1ccc(C(=O)Nc2cc(S(C)(=O)=O)ccc2Cl)cc1C. The van der Waals surface area contributed by atoms with Crippen LogP contribution in [0.5, 0.6) is 0 Å². The molecule has 0 fully saturated rings. The van der Waals surface area contributed by atoms with Crippen LogP contribution in [0.3, 0.4) is 0 Å². The fourth-order valence-electron chi connectivity index (χ4n) is 1.91. The molecule has 2 aromatic carbocycles. The average molecular weight is 338 g/mol. The van der Waals surface area contributed by atoms with E-state index in [4.69, 9.17) is 11.6 Å². The summed E-state index contributed by atoms with van der Waals surface area (Å²) in [5.41, 5.74) is 2.86. The van der Waals surface area contributed by atoms with E-state index < -0.39 is 9.84 Å². The lowest BCUT2D eigenvalue weighted by atomic mass is 10.1. The van der Waals surface area contributed by atoms with Gasteiger partial charge in [0.1, 0.15) is 0 Å². The first-order valence-corrected chi connectivity index (χ1v) is 8.83. The number of carbonyl (C=O) groups excluding carboxylic acids is 1. The number of aryl methyl sites for hydroxylation is 2. The van der Waals surface area contributed by atoms with Gasteiger partial charge in [-0.05, 0) is 55.3 Å². The molecule has 1 N–H and O–H groups in total. The lowest BCUT2D eigenvalue weighted by molar-refractivity contribution is 0.102. The predicted molar refractivity (Wildman–Crippen MR) is 88.4 cm³/mol. The number of hydrogen-bond donors (Lipinski definition) is 1. The molecule has 0 aliphatic rings. The zero-order valence-corrected chi connectivity index (χ0v) is 14.0. The molecule has 6 heteroatoms. The van der Waals surface area contributed by atoms with Crippen molar-refractivity contribution in [1.82, 2.24) is 0 Å². The van der Waals surface area contributed by atoms with Crippen LogP contribution in [-0.4, -0.2) is 20.6 Å². The number of hydrogen-bond acceptors (Lipinski definition) is 3. The number of amides is 1. The quantitative estimate of drug-likeness (QED) is 0.930. The highest BCUT2D eigenvalue weighted by Gasteiger charge is 2.13. The first-order valence-electron chi connectivity index (χ1n) is 6.56. The van der Waals surface area contributed by atoms with E-state index in [-0.39, 0.29) is 21.5 Å². The van der Waals surface area contributed by atoms with E-state index in [1.165, 1.54) is 18.2 Å². The number of halogens is 1. The highest BCUT2D eigenvalue weighted by atomic mass is 35.5. The molecule has 0 aliphatic carbocycles. The Bertz CT molecular complexity index is 844. The summed E-state index contributed by atoms with van der Waals surface area (Å²) in [6.45, 7) is 3.88. The van der Waals surface area contributed by atoms with Crippen LogP contribution in [0.4, 0.5) is 5.69 Å². The van der Waals surface area contributed by atoms with Gasteiger partial charge in [0, 0.05) is 11.8 Å². The molecule has 116 valence electrons. The molecular weight excluding hydrogens is 322 g/mol. The molecular formula is C16H16ClNO3S. The number of rotatable bonds is 3. The Kier molecular flexibility index (Phi) is 4.58. The summed E-state index contributed by atoms with van der Waals surface area (Å²) in [6.07, 6.45) is 1.10. The van der Waals surface area contributed by atoms with Crippen LogP contribution in [0.2, 0.25) is 5.02 Å². The van der Waals surface area contributed by atoms with E-state index in [1.807, 2.05) is 19.9 Å². The third kappa shape index (κ3) is 3.67. The van der Waals surface area contributed by atoms with Crippen molar-refractivity contribution < 1.29 is 13.2 Å². The van der Waals surface area contributed by atoms with Crippen molar-refractivity contribution in [1.29, 1.82) is 0 Å². The lowest BCUT2D eigenvalue weighted by Crippen LogP contribution is -2.13. The Hall–Kier alpha value is -1.85. The van der Waals surface area contributed by atoms with Crippen molar-refractivity contribution in [2.75, 3.05) is 11.6 Å². The van der Waals surface area contributed by atoms with Crippen LogP contribution in [0.1, 0.15) is 21.5 Å². The van der Waals surface area contributed by atoms with Gasteiger partial charge in [-0.25, -0.2) is 8.42 Å². The average Bonchev–Trinajstić information content (AvgIpc) is 2.43. The van der Waals surface area contributed by atoms with Gasteiger partial charge in [0.05, 0.1) is 15.6 Å². The highest BCUT2D eigenvalue weighted by Crippen LogP contribution is 2.26. The molecule has 0 heterocycles. The van der Waals surface area contributed by atoms with Gasteiger partial charge >= 0.3 is 0 Å². The van der Waals surface area contributed by atoms with Gasteiger partial charge < -0.3 is 5.32 Å². The Morgan fingerprint density at radius 3 is 2.32 bits per heavy atom. The molecule has 0 bridgehead atoms. The summed E-state index contributed by atoms with van der Waals surface area (Å²) >= 11 is 6.02. The molecule has 2 aromatic rings. The smallest absolute Gasteiger partial charge is 0.255 e. The Balaban J connectivity index is 2.33. The monoisotopic (exact) mass is 337 g/mol. The van der Waals surface area contributed by atoms with E-state index in [9.17, 15) is 13.2 Å². The molecule has 0 unspecified atom stereocenters. The minimum atomic E-state index is -3.36. The first-order chi connectivity index (χ1) is 10.2. The van der Waals surface area contributed by atoms with Crippen molar-refractivity contribution in [3.63, 3.8) is 0 Å². The molecule has 0 aliphatic heterocycles. The van der Waals surface area contributed by atoms with Gasteiger partial charge in [-0.3, -0.25) is 4.79 Å². The maximum Gasteiger partial charge on any atom is 0.255 e. The molecule has 2 rings (SSSR count). The number of benzene rings is 2. The van der Waals surface area contributed by atoms with Crippen LogP contribution in [0, 0.1) is 13.8 Å². The van der Waals surface area contributed by atoms with Crippen LogP contribution < -0.4 is 5.32 Å². The second-order valence-corrected chi connectivity index (χ2v) is 7.59. The second-order valence-electron chi connectivity index (χ2n) is 5.17. The van der Waals surface area contributed by atoms with E-state index in [0.717, 1.165) is 17.4 Å². The molecule has 0 spiro atoms. The fourth-order valence-corrected chi connectivity index (χ4v) is 2.72. The van der Waals surface area contributed by atoms with E-state index >= 15 is 0 Å². The maximum atomic E-state index is 12.3. The Labute approximate surface area is 135 Å². The Morgan fingerprint density at radius 1 is 1.05 bits per heavy atom. The minimum absolute atomic E-state index is 0.104. The Morgan fingerprint density at radius 2 is 1.73 bits per heavy atom. The van der Waals surface area contributed by atoms with Crippen LogP contribution in [0.15, 0.2) is 41.3 Å². The topological polar surface area (TPSA) is 63.2 Å². The standard InChI is InChI=1S/C16H16ClNO3S/c1-10-4-5-12(8-11(10)2)16(19)18-15-9-13(22(3,20)21)6-7-14(15)17/h4-9H,1-3H3,(H,18,19). The molecule has 0 atom stereocenters. The van der Waals surface area contributed by atoms with E-state index in [1.54, 1.807) is 12.1 Å². The molecule has 0 saturated carbocycles. The third-order valence-electron chi connectivity index (χ3n) is 3.38. The number of anilines is 1. The molecule has 22 heavy (non-hydrogen) atoms. The van der Waals surface area contributed by atoms with Crippen LogP contribution >= 0.6 is 11.6 Å². The molecule has 0 aromatic heterocycles. The molecule has 4 nitrogen and oxygen atoms in total. The third-order valence-corrected chi connectivity index (χ3v) is 4.82. The van der Waals surface area contributed by atoms with E-state index in [2.05, 4.69) is 5.32 Å². The van der Waals surface area contributed by atoms with Gasteiger partial charge in [0.15, 0.2) is 9.84 Å². The van der Waals surface area contributed by atoms with Gasteiger partial charge in [0.25, 0.3) is 5.91 Å². The van der Waals surface area contributed by atoms with E-state index in [0.29, 0.717) is 5.56 Å². The number of sulfone groups is 1. The fraction of sp³-hybridized carbons (Fsp3) is 0.188. The normalized spacial score (nSPS) is 11.3. The predicted octanol–water partition coefficient (Wildman–Crippen LogP) is 3.61.